The Morgan fingerprint density at radius 3 is 2.79 bits per heavy atom. The number of hydrogen-bond acceptors (Lipinski definition) is 3. The number of aryl methyl sites for hydroxylation is 1. The van der Waals surface area contributed by atoms with Gasteiger partial charge in [-0.1, -0.05) is 0 Å². The lowest BCUT2D eigenvalue weighted by Gasteiger charge is -2.34. The van der Waals surface area contributed by atoms with Crippen LogP contribution in [0.5, 0.6) is 0 Å². The highest BCUT2D eigenvalue weighted by molar-refractivity contribution is 5.92. The molecule has 0 saturated carbocycles. The number of aromatic nitrogens is 3. The highest BCUT2D eigenvalue weighted by Gasteiger charge is 2.21. The molecular formula is C19H21FN4. The van der Waals surface area contributed by atoms with Crippen LogP contribution >= 0.6 is 0 Å². The lowest BCUT2D eigenvalue weighted by molar-refractivity contribution is 0.342. The number of nitrogens with zero attached hydrogens (tertiary/aromatic N) is 4. The Labute approximate surface area is 140 Å². The van der Waals surface area contributed by atoms with Crippen LogP contribution in [0.1, 0.15) is 18.5 Å². The van der Waals surface area contributed by atoms with Crippen molar-refractivity contribution in [2.75, 3.05) is 18.0 Å². The summed E-state index contributed by atoms with van der Waals surface area (Å²) in [5, 5.41) is 5.21. The van der Waals surface area contributed by atoms with Crippen molar-refractivity contribution in [3.8, 4) is 0 Å². The molecule has 1 aromatic carbocycles. The first kappa shape index (κ1) is 15.1. The molecule has 1 saturated heterocycles. The fraction of sp³-hybridized carbons (Fsp3) is 0.368. The van der Waals surface area contributed by atoms with Gasteiger partial charge in [0.2, 0.25) is 0 Å². The minimum Gasteiger partial charge on any atom is -0.371 e. The zero-order chi connectivity index (χ0) is 16.5. The van der Waals surface area contributed by atoms with Gasteiger partial charge in [0, 0.05) is 48.8 Å². The first-order chi connectivity index (χ1) is 11.7. The second kappa shape index (κ2) is 6.23. The summed E-state index contributed by atoms with van der Waals surface area (Å²) >= 11 is 0. The first-order valence-electron chi connectivity index (χ1n) is 8.48. The fourth-order valence-electron chi connectivity index (χ4n) is 3.60. The van der Waals surface area contributed by atoms with E-state index in [0.717, 1.165) is 54.8 Å². The molecule has 4 nitrogen and oxygen atoms in total. The van der Waals surface area contributed by atoms with Gasteiger partial charge >= 0.3 is 0 Å². The van der Waals surface area contributed by atoms with Gasteiger partial charge in [-0.15, -0.1) is 0 Å². The summed E-state index contributed by atoms with van der Waals surface area (Å²) in [7, 11) is 0. The van der Waals surface area contributed by atoms with Gasteiger partial charge < -0.3 is 4.90 Å². The van der Waals surface area contributed by atoms with Gasteiger partial charge in [0.1, 0.15) is 5.82 Å². The zero-order valence-corrected chi connectivity index (χ0v) is 13.8. The summed E-state index contributed by atoms with van der Waals surface area (Å²) in [6.07, 6.45) is 6.10. The van der Waals surface area contributed by atoms with Crippen molar-refractivity contribution in [1.82, 2.24) is 14.8 Å². The lowest BCUT2D eigenvalue weighted by atomic mass is 9.96. The molecule has 4 rings (SSSR count). The molecule has 0 bridgehead atoms. The molecule has 24 heavy (non-hydrogen) atoms. The maximum atomic E-state index is 13.7. The van der Waals surface area contributed by atoms with Crippen LogP contribution in [0.3, 0.4) is 0 Å². The van der Waals surface area contributed by atoms with Gasteiger partial charge in [-0.2, -0.15) is 5.10 Å². The van der Waals surface area contributed by atoms with Crippen LogP contribution in [0.4, 0.5) is 10.1 Å². The van der Waals surface area contributed by atoms with Gasteiger partial charge in [0.15, 0.2) is 0 Å². The van der Waals surface area contributed by atoms with Crippen molar-refractivity contribution in [3.63, 3.8) is 0 Å². The Balaban J connectivity index is 1.55. The highest BCUT2D eigenvalue weighted by atomic mass is 19.1. The van der Waals surface area contributed by atoms with E-state index in [2.05, 4.69) is 21.0 Å². The van der Waals surface area contributed by atoms with Gasteiger partial charge in [0.25, 0.3) is 0 Å². The van der Waals surface area contributed by atoms with Crippen LogP contribution in [-0.4, -0.2) is 27.9 Å². The first-order valence-corrected chi connectivity index (χ1v) is 8.48. The molecule has 0 amide bonds. The van der Waals surface area contributed by atoms with Crippen molar-refractivity contribution in [3.05, 3.63) is 54.2 Å². The monoisotopic (exact) mass is 324 g/mol. The number of pyridine rings is 1. The zero-order valence-electron chi connectivity index (χ0n) is 13.8. The molecule has 0 unspecified atom stereocenters. The minimum atomic E-state index is -0.206. The predicted octanol–water partition coefficient (Wildman–Crippen LogP) is 3.80. The molecule has 1 aliphatic heterocycles. The molecule has 0 atom stereocenters. The number of hydrogen-bond donors (Lipinski definition) is 0. The molecule has 124 valence electrons. The fourth-order valence-corrected chi connectivity index (χ4v) is 3.60. The Kier molecular flexibility index (Phi) is 3.92. The average molecular weight is 324 g/mol. The number of anilines is 1. The van der Waals surface area contributed by atoms with Crippen molar-refractivity contribution in [2.45, 2.75) is 26.3 Å². The standard InChI is InChI=1S/C19H21FN4/c1-14-11-19(17-12-16(20)3-4-18(17)22-14)23-9-5-15(6-10-23)13-24-8-2-7-21-24/h2-4,7-8,11-12,15H,5-6,9-10,13H2,1H3. The number of halogens is 1. The molecule has 1 aliphatic rings. The molecule has 0 aliphatic carbocycles. The summed E-state index contributed by atoms with van der Waals surface area (Å²) in [6.45, 7) is 4.95. The van der Waals surface area contributed by atoms with Gasteiger partial charge in [0.05, 0.1) is 5.52 Å². The Morgan fingerprint density at radius 2 is 2.04 bits per heavy atom. The molecule has 5 heteroatoms. The Morgan fingerprint density at radius 1 is 1.21 bits per heavy atom. The van der Waals surface area contributed by atoms with E-state index >= 15 is 0 Å². The third-order valence-electron chi connectivity index (χ3n) is 4.84. The average Bonchev–Trinajstić information content (AvgIpc) is 3.08. The topological polar surface area (TPSA) is 34.0 Å². The molecule has 0 radical (unpaired) electrons. The van der Waals surface area contributed by atoms with Crippen molar-refractivity contribution in [2.24, 2.45) is 5.92 Å². The number of rotatable bonds is 3. The third-order valence-corrected chi connectivity index (χ3v) is 4.84. The highest BCUT2D eigenvalue weighted by Crippen LogP contribution is 2.31. The number of benzene rings is 1. The van der Waals surface area contributed by atoms with Crippen LogP contribution < -0.4 is 4.90 Å². The molecular weight excluding hydrogens is 303 g/mol. The minimum absolute atomic E-state index is 0.206. The normalized spacial score (nSPS) is 16.0. The van der Waals surface area contributed by atoms with Gasteiger partial charge in [-0.25, -0.2) is 4.39 Å². The number of fused-ring (bicyclic) bond motifs is 1. The molecule has 2 aromatic heterocycles. The molecule has 1 fully saturated rings. The SMILES string of the molecule is Cc1cc(N2CCC(Cn3cccn3)CC2)c2cc(F)ccc2n1. The summed E-state index contributed by atoms with van der Waals surface area (Å²) < 4.78 is 15.7. The second-order valence-electron chi connectivity index (χ2n) is 6.60. The molecule has 3 heterocycles. The maximum Gasteiger partial charge on any atom is 0.124 e. The van der Waals surface area contributed by atoms with Gasteiger partial charge in [-0.05, 0) is 56.0 Å². The van der Waals surface area contributed by atoms with Crippen molar-refractivity contribution in [1.29, 1.82) is 0 Å². The molecule has 0 spiro atoms. The summed E-state index contributed by atoms with van der Waals surface area (Å²) in [5.74, 6) is 0.440. The molecule has 0 N–H and O–H groups in total. The van der Waals surface area contributed by atoms with E-state index in [9.17, 15) is 4.39 Å². The van der Waals surface area contributed by atoms with E-state index in [1.807, 2.05) is 30.1 Å². The van der Waals surface area contributed by atoms with Crippen molar-refractivity contribution >= 4 is 16.6 Å². The smallest absolute Gasteiger partial charge is 0.124 e. The van der Waals surface area contributed by atoms with E-state index < -0.39 is 0 Å². The van der Waals surface area contributed by atoms with E-state index in [1.54, 1.807) is 12.1 Å². The van der Waals surface area contributed by atoms with E-state index in [4.69, 9.17) is 0 Å². The third kappa shape index (κ3) is 2.98. The van der Waals surface area contributed by atoms with Crippen LogP contribution in [0.15, 0.2) is 42.7 Å². The van der Waals surface area contributed by atoms with Crippen LogP contribution in [0.25, 0.3) is 10.9 Å². The quantitative estimate of drug-likeness (QED) is 0.735. The van der Waals surface area contributed by atoms with E-state index in [0.29, 0.717) is 5.92 Å². The van der Waals surface area contributed by atoms with Gasteiger partial charge in [-0.3, -0.25) is 9.67 Å². The van der Waals surface area contributed by atoms with E-state index in [1.165, 1.54) is 6.07 Å². The summed E-state index contributed by atoms with van der Waals surface area (Å²) in [6, 6.07) is 8.90. The Bertz CT molecular complexity index is 836. The predicted molar refractivity (Wildman–Crippen MR) is 93.6 cm³/mol. The van der Waals surface area contributed by atoms with Crippen LogP contribution in [-0.2, 0) is 6.54 Å². The van der Waals surface area contributed by atoms with Crippen LogP contribution in [0, 0.1) is 18.7 Å². The summed E-state index contributed by atoms with van der Waals surface area (Å²) in [4.78, 5) is 6.90. The second-order valence-corrected chi connectivity index (χ2v) is 6.60. The number of piperidine rings is 1. The summed E-state index contributed by atoms with van der Waals surface area (Å²) in [5.41, 5.74) is 2.95. The molecule has 3 aromatic rings. The Hall–Kier alpha value is -2.43. The largest absolute Gasteiger partial charge is 0.371 e. The van der Waals surface area contributed by atoms with Crippen molar-refractivity contribution < 1.29 is 4.39 Å². The maximum absolute atomic E-state index is 13.7. The van der Waals surface area contributed by atoms with E-state index in [-0.39, 0.29) is 5.82 Å². The van der Waals surface area contributed by atoms with Crippen LogP contribution in [0.2, 0.25) is 0 Å². The lowest BCUT2D eigenvalue weighted by Crippen LogP contribution is -2.35.